The second-order valence-corrected chi connectivity index (χ2v) is 9.14. The average Bonchev–Trinajstić information content (AvgIpc) is 2.58. The van der Waals surface area contributed by atoms with Gasteiger partial charge in [-0.25, -0.2) is 0 Å². The van der Waals surface area contributed by atoms with Gasteiger partial charge in [-0.15, -0.1) is 0 Å². The van der Waals surface area contributed by atoms with Crippen LogP contribution >= 0.6 is 0 Å². The van der Waals surface area contributed by atoms with Crippen molar-refractivity contribution in [3.8, 4) is 0 Å². The van der Waals surface area contributed by atoms with E-state index in [0.29, 0.717) is 17.4 Å². The molecule has 1 saturated heterocycles. The Morgan fingerprint density at radius 3 is 2.14 bits per heavy atom. The smallest absolute Gasteiger partial charge is 0.251 e. The molecule has 0 saturated carbocycles. The van der Waals surface area contributed by atoms with Gasteiger partial charge in [0.25, 0.3) is 5.91 Å². The number of nitrogens with zero attached hydrogens (tertiary/aromatic N) is 1. The number of piperidine rings is 1. The van der Waals surface area contributed by atoms with Gasteiger partial charge in [-0.2, -0.15) is 0 Å². The van der Waals surface area contributed by atoms with Crippen LogP contribution in [0.25, 0.3) is 0 Å². The number of aryl methyl sites for hydroxylation is 1. The Hall–Kier alpha value is -1.88. The summed E-state index contributed by atoms with van der Waals surface area (Å²) in [6.07, 6.45) is 1.28. The van der Waals surface area contributed by atoms with Crippen molar-refractivity contribution in [3.05, 3.63) is 35.4 Å². The average molecular weight is 388 g/mol. The summed E-state index contributed by atoms with van der Waals surface area (Å²) >= 11 is 0. The molecule has 0 aliphatic carbocycles. The van der Waals surface area contributed by atoms with Crippen molar-refractivity contribution in [2.45, 2.75) is 60.0 Å². The predicted octanol–water partition coefficient (Wildman–Crippen LogP) is 3.23. The van der Waals surface area contributed by atoms with E-state index in [1.807, 2.05) is 39.8 Å². The summed E-state index contributed by atoms with van der Waals surface area (Å²) in [5.41, 5.74) is 1.68. The highest BCUT2D eigenvalue weighted by molar-refractivity contribution is 5.97. The van der Waals surface area contributed by atoms with Crippen molar-refractivity contribution in [2.75, 3.05) is 19.6 Å². The minimum absolute atomic E-state index is 0.0108. The number of benzene rings is 1. The first-order valence-electron chi connectivity index (χ1n) is 10.6. The van der Waals surface area contributed by atoms with Gasteiger partial charge in [0.1, 0.15) is 6.04 Å². The summed E-state index contributed by atoms with van der Waals surface area (Å²) in [7, 11) is 0. The molecule has 28 heavy (non-hydrogen) atoms. The Bertz CT molecular complexity index is 646. The summed E-state index contributed by atoms with van der Waals surface area (Å²) in [6, 6.07) is 6.89. The lowest BCUT2D eigenvalue weighted by molar-refractivity contribution is -0.124. The number of amides is 2. The molecule has 0 aromatic heterocycles. The first-order chi connectivity index (χ1) is 13.2. The minimum atomic E-state index is -0.546. The molecule has 2 rings (SSSR count). The van der Waals surface area contributed by atoms with E-state index in [4.69, 9.17) is 0 Å². The first-order valence-corrected chi connectivity index (χ1v) is 10.6. The summed E-state index contributed by atoms with van der Waals surface area (Å²) in [5, 5.41) is 6.02. The molecule has 5 heteroatoms. The van der Waals surface area contributed by atoms with Crippen LogP contribution < -0.4 is 10.6 Å². The third-order valence-electron chi connectivity index (χ3n) is 5.41. The molecule has 0 bridgehead atoms. The molecule has 1 aliphatic heterocycles. The highest BCUT2D eigenvalue weighted by atomic mass is 16.2. The highest BCUT2D eigenvalue weighted by Gasteiger charge is 2.27. The van der Waals surface area contributed by atoms with Gasteiger partial charge >= 0.3 is 0 Å². The molecule has 1 aromatic carbocycles. The summed E-state index contributed by atoms with van der Waals surface area (Å²) in [4.78, 5) is 27.8. The van der Waals surface area contributed by atoms with Crippen molar-refractivity contribution < 1.29 is 9.59 Å². The molecule has 4 unspecified atom stereocenters. The monoisotopic (exact) mass is 387 g/mol. The van der Waals surface area contributed by atoms with Gasteiger partial charge in [0, 0.05) is 31.2 Å². The van der Waals surface area contributed by atoms with Crippen LogP contribution in [0, 0.1) is 24.7 Å². The van der Waals surface area contributed by atoms with Crippen LogP contribution in [0.1, 0.15) is 57.0 Å². The van der Waals surface area contributed by atoms with Gasteiger partial charge in [0.05, 0.1) is 0 Å². The first kappa shape index (κ1) is 22.4. The maximum Gasteiger partial charge on any atom is 0.251 e. The molecule has 156 valence electrons. The largest absolute Gasteiger partial charge is 0.351 e. The maximum absolute atomic E-state index is 12.8. The van der Waals surface area contributed by atoms with E-state index < -0.39 is 6.04 Å². The van der Waals surface area contributed by atoms with Crippen LogP contribution in [0.3, 0.4) is 0 Å². The molecule has 0 spiro atoms. The molecule has 0 radical (unpaired) electrons. The summed E-state index contributed by atoms with van der Waals surface area (Å²) in [6.45, 7) is 15.5. The van der Waals surface area contributed by atoms with E-state index in [0.717, 1.165) is 25.2 Å². The summed E-state index contributed by atoms with van der Waals surface area (Å²) < 4.78 is 0. The fourth-order valence-corrected chi connectivity index (χ4v) is 4.17. The molecule has 5 nitrogen and oxygen atoms in total. The summed E-state index contributed by atoms with van der Waals surface area (Å²) in [5.74, 6) is 1.09. The van der Waals surface area contributed by atoms with Gasteiger partial charge < -0.3 is 15.5 Å². The van der Waals surface area contributed by atoms with Crippen molar-refractivity contribution in [1.29, 1.82) is 0 Å². The maximum atomic E-state index is 12.8. The van der Waals surface area contributed by atoms with Crippen LogP contribution in [-0.4, -0.2) is 48.4 Å². The van der Waals surface area contributed by atoms with Crippen molar-refractivity contribution >= 4 is 11.8 Å². The van der Waals surface area contributed by atoms with Gasteiger partial charge in [-0.3, -0.25) is 9.59 Å². The molecule has 2 amide bonds. The van der Waals surface area contributed by atoms with Crippen LogP contribution in [0.5, 0.6) is 0 Å². The Kier molecular flexibility index (Phi) is 8.05. The van der Waals surface area contributed by atoms with Gasteiger partial charge in [0.2, 0.25) is 5.91 Å². The van der Waals surface area contributed by atoms with Crippen LogP contribution in [0.4, 0.5) is 0 Å². The van der Waals surface area contributed by atoms with E-state index in [-0.39, 0.29) is 23.8 Å². The molecule has 1 heterocycles. The fourth-order valence-electron chi connectivity index (χ4n) is 4.17. The topological polar surface area (TPSA) is 61.4 Å². The van der Waals surface area contributed by atoms with Crippen molar-refractivity contribution in [2.24, 2.45) is 17.8 Å². The minimum Gasteiger partial charge on any atom is -0.351 e. The van der Waals surface area contributed by atoms with E-state index in [2.05, 4.69) is 29.4 Å². The normalized spacial score (nSPS) is 22.5. The zero-order chi connectivity index (χ0) is 20.8. The van der Waals surface area contributed by atoms with Crippen molar-refractivity contribution in [3.63, 3.8) is 0 Å². The third-order valence-corrected chi connectivity index (χ3v) is 5.41. The number of nitrogens with one attached hydrogen (secondary N) is 2. The Balaban J connectivity index is 1.92. The van der Waals surface area contributed by atoms with Gasteiger partial charge in [-0.05, 0) is 50.2 Å². The van der Waals surface area contributed by atoms with Crippen molar-refractivity contribution in [1.82, 2.24) is 15.5 Å². The third kappa shape index (κ3) is 6.62. The lowest BCUT2D eigenvalue weighted by atomic mass is 9.91. The van der Waals surface area contributed by atoms with E-state index in [1.54, 1.807) is 12.1 Å². The second-order valence-electron chi connectivity index (χ2n) is 9.14. The molecule has 1 aliphatic rings. The number of carbonyl (C=O) groups is 2. The Morgan fingerprint density at radius 2 is 1.61 bits per heavy atom. The van der Waals surface area contributed by atoms with E-state index in [9.17, 15) is 9.59 Å². The molecular formula is C23H37N3O2. The number of carbonyl (C=O) groups excluding carboxylic acids is 2. The van der Waals surface area contributed by atoms with Crippen LogP contribution in [0.2, 0.25) is 0 Å². The number of likely N-dealkylation sites (tertiary alicyclic amines) is 1. The molecule has 1 fully saturated rings. The SMILES string of the molecule is Cc1ccc(C(=O)NC(C(=O)NC(C)CN2CC(C)CC(C)C2)C(C)C)cc1. The lowest BCUT2D eigenvalue weighted by Gasteiger charge is -2.36. The number of hydrogen-bond donors (Lipinski definition) is 2. The van der Waals surface area contributed by atoms with Crippen LogP contribution in [0.15, 0.2) is 24.3 Å². The zero-order valence-electron chi connectivity index (χ0n) is 18.3. The van der Waals surface area contributed by atoms with Gasteiger partial charge in [-0.1, -0.05) is 45.4 Å². The zero-order valence-corrected chi connectivity index (χ0v) is 18.3. The molecular weight excluding hydrogens is 350 g/mol. The standard InChI is InChI=1S/C23H37N3O2/c1-15(2)21(25-22(27)20-9-7-16(3)8-10-20)23(28)24-19(6)14-26-12-17(4)11-18(5)13-26/h7-10,15,17-19,21H,11-14H2,1-6H3,(H,24,28)(H,25,27). The molecule has 4 atom stereocenters. The quantitative estimate of drug-likeness (QED) is 0.755. The van der Waals surface area contributed by atoms with Crippen LogP contribution in [-0.2, 0) is 4.79 Å². The van der Waals surface area contributed by atoms with Gasteiger partial charge in [0.15, 0.2) is 0 Å². The highest BCUT2D eigenvalue weighted by Crippen LogP contribution is 2.20. The molecule has 2 N–H and O–H groups in total. The number of rotatable bonds is 7. The fraction of sp³-hybridized carbons (Fsp3) is 0.652. The number of hydrogen-bond acceptors (Lipinski definition) is 3. The van der Waals surface area contributed by atoms with E-state index in [1.165, 1.54) is 6.42 Å². The predicted molar refractivity (Wildman–Crippen MR) is 114 cm³/mol. The second kappa shape index (κ2) is 10.1. The Labute approximate surface area is 170 Å². The Morgan fingerprint density at radius 1 is 1.04 bits per heavy atom. The lowest BCUT2D eigenvalue weighted by Crippen LogP contribution is -2.54. The van der Waals surface area contributed by atoms with E-state index >= 15 is 0 Å². The molecule has 1 aromatic rings.